The first kappa shape index (κ1) is 25.7. The van der Waals surface area contributed by atoms with Gasteiger partial charge in [0.1, 0.15) is 5.75 Å². The number of aliphatic imine (C=N–C) groups is 1. The Hall–Kier alpha value is -2.29. The van der Waals surface area contributed by atoms with Crippen molar-refractivity contribution in [3.05, 3.63) is 65.7 Å². The van der Waals surface area contributed by atoms with E-state index in [0.29, 0.717) is 24.8 Å². The van der Waals surface area contributed by atoms with Gasteiger partial charge in [-0.1, -0.05) is 49.4 Å². The van der Waals surface area contributed by atoms with Crippen LogP contribution in [0.15, 0.2) is 59.6 Å². The van der Waals surface area contributed by atoms with Gasteiger partial charge in [-0.2, -0.15) is 0 Å². The van der Waals surface area contributed by atoms with Gasteiger partial charge in [0, 0.05) is 19.6 Å². The molecule has 1 atom stereocenters. The average Bonchev–Trinajstić information content (AvgIpc) is 2.75. The molecule has 3 N–H and O–H groups in total. The molecule has 0 bridgehead atoms. The molecule has 0 aliphatic rings. The van der Waals surface area contributed by atoms with Crippen LogP contribution in [0.25, 0.3) is 0 Å². The van der Waals surface area contributed by atoms with Crippen LogP contribution < -0.4 is 20.7 Å². The van der Waals surface area contributed by atoms with E-state index in [2.05, 4.69) is 52.1 Å². The van der Waals surface area contributed by atoms with Crippen molar-refractivity contribution in [2.75, 3.05) is 26.2 Å². The molecule has 2 aromatic rings. The standard InChI is InChI=1S/C23H32N4O2.HI/c1-4-24-22(28)17-29-21-13-9-10-19(14-21)16-27-23(25-5-2)26-15-18(3)20-11-7-6-8-12-20;/h6-14,18H,4-5,15-17H2,1-3H3,(H,24,28)(H2,25,26,27);1H. The number of likely N-dealkylation sites (N-methyl/N-ethyl adjacent to an activating group) is 1. The number of hydrogen-bond donors (Lipinski definition) is 3. The maximum Gasteiger partial charge on any atom is 0.257 e. The average molecular weight is 524 g/mol. The zero-order valence-electron chi connectivity index (χ0n) is 18.0. The first-order chi connectivity index (χ1) is 14.1. The van der Waals surface area contributed by atoms with Crippen LogP contribution in [0.5, 0.6) is 5.75 Å². The number of amides is 1. The van der Waals surface area contributed by atoms with Gasteiger partial charge in [0.15, 0.2) is 12.6 Å². The van der Waals surface area contributed by atoms with Gasteiger partial charge >= 0.3 is 0 Å². The van der Waals surface area contributed by atoms with E-state index < -0.39 is 0 Å². The summed E-state index contributed by atoms with van der Waals surface area (Å²) in [6.07, 6.45) is 0. The van der Waals surface area contributed by atoms with E-state index in [1.54, 1.807) is 0 Å². The summed E-state index contributed by atoms with van der Waals surface area (Å²) in [6.45, 7) is 8.85. The largest absolute Gasteiger partial charge is 0.484 e. The van der Waals surface area contributed by atoms with Crippen molar-refractivity contribution in [1.82, 2.24) is 16.0 Å². The minimum Gasteiger partial charge on any atom is -0.484 e. The Kier molecular flexibility index (Phi) is 12.6. The van der Waals surface area contributed by atoms with Gasteiger partial charge in [-0.05, 0) is 43.0 Å². The Balaban J connectivity index is 0.00000450. The third-order valence-electron chi connectivity index (χ3n) is 4.35. The SMILES string of the molecule is CCNC(=O)COc1cccc(CN=C(NCC)NCC(C)c2ccccc2)c1.I. The van der Waals surface area contributed by atoms with E-state index in [0.717, 1.165) is 24.6 Å². The fourth-order valence-corrected chi connectivity index (χ4v) is 2.79. The Morgan fingerprint density at radius 1 is 1.00 bits per heavy atom. The summed E-state index contributed by atoms with van der Waals surface area (Å²) in [6, 6.07) is 18.1. The van der Waals surface area contributed by atoms with Crippen LogP contribution in [0.1, 0.15) is 37.8 Å². The zero-order valence-corrected chi connectivity index (χ0v) is 20.3. The number of rotatable bonds is 10. The minimum atomic E-state index is -0.123. The molecule has 0 radical (unpaired) electrons. The summed E-state index contributed by atoms with van der Waals surface area (Å²) < 4.78 is 5.55. The highest BCUT2D eigenvalue weighted by molar-refractivity contribution is 14.0. The van der Waals surface area contributed by atoms with Crippen molar-refractivity contribution in [2.45, 2.75) is 33.2 Å². The van der Waals surface area contributed by atoms with Gasteiger partial charge in [-0.3, -0.25) is 4.79 Å². The predicted molar refractivity (Wildman–Crippen MR) is 134 cm³/mol. The third-order valence-corrected chi connectivity index (χ3v) is 4.35. The van der Waals surface area contributed by atoms with Crippen molar-refractivity contribution >= 4 is 35.8 Å². The van der Waals surface area contributed by atoms with E-state index in [1.165, 1.54) is 5.56 Å². The van der Waals surface area contributed by atoms with Crippen molar-refractivity contribution in [2.24, 2.45) is 4.99 Å². The van der Waals surface area contributed by atoms with Gasteiger partial charge in [-0.25, -0.2) is 4.99 Å². The zero-order chi connectivity index (χ0) is 20.9. The molecule has 0 saturated heterocycles. The molecule has 1 amide bonds. The highest BCUT2D eigenvalue weighted by atomic mass is 127. The van der Waals surface area contributed by atoms with Crippen molar-refractivity contribution in [1.29, 1.82) is 0 Å². The molecular formula is C23H33IN4O2. The van der Waals surface area contributed by atoms with Crippen LogP contribution in [-0.4, -0.2) is 38.1 Å². The number of benzene rings is 2. The summed E-state index contributed by atoms with van der Waals surface area (Å²) in [5, 5.41) is 9.41. The second kappa shape index (κ2) is 14.7. The highest BCUT2D eigenvalue weighted by Crippen LogP contribution is 2.15. The molecule has 6 nitrogen and oxygen atoms in total. The molecular weight excluding hydrogens is 491 g/mol. The molecule has 2 aromatic carbocycles. The number of halogens is 1. The first-order valence-electron chi connectivity index (χ1n) is 10.2. The lowest BCUT2D eigenvalue weighted by atomic mass is 10.0. The van der Waals surface area contributed by atoms with Gasteiger partial charge in [0.05, 0.1) is 6.54 Å². The van der Waals surface area contributed by atoms with Gasteiger partial charge < -0.3 is 20.7 Å². The topological polar surface area (TPSA) is 74.8 Å². The molecule has 0 aliphatic heterocycles. The molecule has 1 unspecified atom stereocenters. The van der Waals surface area contributed by atoms with E-state index in [1.807, 2.05) is 44.2 Å². The smallest absolute Gasteiger partial charge is 0.257 e. The Labute approximate surface area is 196 Å². The summed E-state index contributed by atoms with van der Waals surface area (Å²) >= 11 is 0. The fourth-order valence-electron chi connectivity index (χ4n) is 2.79. The maximum atomic E-state index is 11.5. The molecule has 0 saturated carbocycles. The van der Waals surface area contributed by atoms with Crippen LogP contribution >= 0.6 is 24.0 Å². The first-order valence-corrected chi connectivity index (χ1v) is 10.2. The maximum absolute atomic E-state index is 11.5. The van der Waals surface area contributed by atoms with Gasteiger partial charge in [0.25, 0.3) is 5.91 Å². The molecule has 0 spiro atoms. The molecule has 0 heterocycles. The second-order valence-corrected chi connectivity index (χ2v) is 6.78. The minimum absolute atomic E-state index is 0. The number of carbonyl (C=O) groups is 1. The van der Waals surface area contributed by atoms with Crippen LogP contribution in [-0.2, 0) is 11.3 Å². The van der Waals surface area contributed by atoms with E-state index >= 15 is 0 Å². The van der Waals surface area contributed by atoms with E-state index in [4.69, 9.17) is 4.74 Å². The quantitative estimate of drug-likeness (QED) is 0.252. The fraction of sp³-hybridized carbons (Fsp3) is 0.391. The Bertz CT molecular complexity index is 784. The molecule has 2 rings (SSSR count). The molecule has 7 heteroatoms. The van der Waals surface area contributed by atoms with Gasteiger partial charge in [-0.15, -0.1) is 24.0 Å². The predicted octanol–water partition coefficient (Wildman–Crippen LogP) is 3.68. The third kappa shape index (κ3) is 9.47. The van der Waals surface area contributed by atoms with E-state index in [9.17, 15) is 4.79 Å². The monoisotopic (exact) mass is 524 g/mol. The Morgan fingerprint density at radius 2 is 1.73 bits per heavy atom. The highest BCUT2D eigenvalue weighted by Gasteiger charge is 2.06. The van der Waals surface area contributed by atoms with Crippen molar-refractivity contribution in [3.8, 4) is 5.75 Å². The molecule has 164 valence electrons. The summed E-state index contributed by atoms with van der Waals surface area (Å²) in [5.41, 5.74) is 2.32. The summed E-state index contributed by atoms with van der Waals surface area (Å²) in [5.74, 6) is 1.71. The van der Waals surface area contributed by atoms with Gasteiger partial charge in [0.2, 0.25) is 0 Å². The van der Waals surface area contributed by atoms with Crippen LogP contribution in [0.4, 0.5) is 0 Å². The number of nitrogens with zero attached hydrogens (tertiary/aromatic N) is 1. The van der Waals surface area contributed by atoms with Crippen LogP contribution in [0.2, 0.25) is 0 Å². The second-order valence-electron chi connectivity index (χ2n) is 6.78. The van der Waals surface area contributed by atoms with Crippen LogP contribution in [0, 0.1) is 0 Å². The lowest BCUT2D eigenvalue weighted by Crippen LogP contribution is -2.39. The normalized spacial score (nSPS) is 11.8. The molecule has 30 heavy (non-hydrogen) atoms. The molecule has 0 aromatic heterocycles. The Morgan fingerprint density at radius 3 is 2.43 bits per heavy atom. The van der Waals surface area contributed by atoms with Crippen molar-refractivity contribution < 1.29 is 9.53 Å². The molecule has 0 fully saturated rings. The summed E-state index contributed by atoms with van der Waals surface area (Å²) in [7, 11) is 0. The van der Waals surface area contributed by atoms with Crippen molar-refractivity contribution in [3.63, 3.8) is 0 Å². The number of carbonyl (C=O) groups excluding carboxylic acids is 1. The lowest BCUT2D eigenvalue weighted by Gasteiger charge is -2.16. The molecule has 0 aliphatic carbocycles. The lowest BCUT2D eigenvalue weighted by molar-refractivity contribution is -0.122. The number of ether oxygens (including phenoxy) is 1. The van der Waals surface area contributed by atoms with E-state index in [-0.39, 0.29) is 36.5 Å². The summed E-state index contributed by atoms with van der Waals surface area (Å²) in [4.78, 5) is 16.2. The van der Waals surface area contributed by atoms with Crippen LogP contribution in [0.3, 0.4) is 0 Å². The number of nitrogens with one attached hydrogen (secondary N) is 3. The number of hydrogen-bond acceptors (Lipinski definition) is 3. The number of guanidine groups is 1.